The van der Waals surface area contributed by atoms with Crippen LogP contribution in [-0.2, 0) is 47.8 Å². The smallest absolute Gasteiger partial charge is 0.303 e. The molecular formula is C26H33N3O10. The van der Waals surface area contributed by atoms with Gasteiger partial charge in [0.2, 0.25) is 5.91 Å². The summed E-state index contributed by atoms with van der Waals surface area (Å²) in [6.07, 6.45) is -4.46. The van der Waals surface area contributed by atoms with E-state index in [1.54, 1.807) is 11.0 Å². The van der Waals surface area contributed by atoms with E-state index in [1.165, 1.54) is 13.8 Å². The number of rotatable bonds is 9. The molecule has 2 aliphatic rings. The van der Waals surface area contributed by atoms with Crippen molar-refractivity contribution in [2.45, 2.75) is 78.6 Å². The zero-order valence-corrected chi connectivity index (χ0v) is 22.7. The lowest BCUT2D eigenvalue weighted by molar-refractivity contribution is -0.278. The molecule has 2 heterocycles. The number of nitrogens with zero attached hydrogens (tertiary/aromatic N) is 2. The van der Waals surface area contributed by atoms with E-state index in [4.69, 9.17) is 23.8 Å². The average molecular weight is 548 g/mol. The normalized spacial score (nSPS) is 25.1. The number of ether oxygens (including phenoxy) is 4. The summed E-state index contributed by atoms with van der Waals surface area (Å²) in [5.41, 5.74) is 2.16. The molecule has 39 heavy (non-hydrogen) atoms. The highest BCUT2D eigenvalue weighted by Gasteiger charge is 2.52. The van der Waals surface area contributed by atoms with Crippen LogP contribution in [0, 0.1) is 6.92 Å². The molecule has 0 aliphatic carbocycles. The van der Waals surface area contributed by atoms with Crippen LogP contribution in [0.4, 0.5) is 5.69 Å². The van der Waals surface area contributed by atoms with Crippen LogP contribution in [0.3, 0.4) is 0 Å². The van der Waals surface area contributed by atoms with Gasteiger partial charge in [-0.05, 0) is 25.5 Å². The topological polar surface area (TPSA) is 159 Å². The van der Waals surface area contributed by atoms with Gasteiger partial charge in [-0.15, -0.1) is 0 Å². The van der Waals surface area contributed by atoms with Crippen LogP contribution in [0.1, 0.15) is 52.2 Å². The van der Waals surface area contributed by atoms with E-state index in [9.17, 15) is 24.0 Å². The van der Waals surface area contributed by atoms with Crippen molar-refractivity contribution in [2.75, 3.05) is 18.1 Å². The maximum Gasteiger partial charge on any atom is 0.303 e. The number of amides is 2. The van der Waals surface area contributed by atoms with Gasteiger partial charge < -0.3 is 34.0 Å². The Kier molecular flexibility index (Phi) is 9.62. The molecule has 1 N–H and O–H groups in total. The van der Waals surface area contributed by atoms with Gasteiger partial charge in [-0.25, -0.2) is 0 Å². The summed E-state index contributed by atoms with van der Waals surface area (Å²) in [4.78, 5) is 68.1. The first-order valence-electron chi connectivity index (χ1n) is 12.5. The predicted molar refractivity (Wildman–Crippen MR) is 135 cm³/mol. The quantitative estimate of drug-likeness (QED) is 0.270. The number of nitrogens with one attached hydrogen (secondary N) is 1. The van der Waals surface area contributed by atoms with Crippen molar-refractivity contribution in [3.05, 3.63) is 29.3 Å². The molecule has 0 saturated carbocycles. The average Bonchev–Trinajstić information content (AvgIpc) is 3.09. The minimum atomic E-state index is -1.43. The molecule has 5 unspecified atom stereocenters. The van der Waals surface area contributed by atoms with Crippen LogP contribution in [0.5, 0.6) is 0 Å². The summed E-state index contributed by atoms with van der Waals surface area (Å²) in [6.45, 7) is 8.58. The number of anilines is 1. The van der Waals surface area contributed by atoms with Crippen molar-refractivity contribution in [2.24, 2.45) is 5.16 Å². The minimum absolute atomic E-state index is 0.0232. The predicted octanol–water partition coefficient (Wildman–Crippen LogP) is 1.13. The van der Waals surface area contributed by atoms with Crippen molar-refractivity contribution < 1.29 is 47.8 Å². The number of esters is 3. The van der Waals surface area contributed by atoms with E-state index in [1.807, 2.05) is 26.0 Å². The monoisotopic (exact) mass is 547 g/mol. The fourth-order valence-corrected chi connectivity index (χ4v) is 4.45. The first kappa shape index (κ1) is 29.6. The second-order valence-electron chi connectivity index (χ2n) is 9.24. The Morgan fingerprint density at radius 3 is 2.28 bits per heavy atom. The third-order valence-corrected chi connectivity index (χ3v) is 5.91. The Morgan fingerprint density at radius 2 is 1.69 bits per heavy atom. The van der Waals surface area contributed by atoms with Crippen LogP contribution >= 0.6 is 0 Å². The highest BCUT2D eigenvalue weighted by Crippen LogP contribution is 2.32. The van der Waals surface area contributed by atoms with E-state index < -0.39 is 54.5 Å². The molecule has 1 fully saturated rings. The zero-order valence-electron chi connectivity index (χ0n) is 22.7. The summed E-state index contributed by atoms with van der Waals surface area (Å²) < 4.78 is 21.8. The lowest BCUT2D eigenvalue weighted by atomic mass is 9.96. The van der Waals surface area contributed by atoms with Gasteiger partial charge in [-0.1, -0.05) is 23.7 Å². The third-order valence-electron chi connectivity index (χ3n) is 5.91. The van der Waals surface area contributed by atoms with Crippen LogP contribution < -0.4 is 10.2 Å². The molecule has 1 aromatic rings. The highest BCUT2D eigenvalue weighted by atomic mass is 16.8. The Bertz CT molecular complexity index is 1170. The summed E-state index contributed by atoms with van der Waals surface area (Å²) in [7, 11) is 0. The fraction of sp³-hybridized carbons (Fsp3) is 0.538. The molecule has 13 nitrogen and oxygen atoms in total. The van der Waals surface area contributed by atoms with Gasteiger partial charge in [-0.2, -0.15) is 0 Å². The summed E-state index contributed by atoms with van der Waals surface area (Å²) in [5.74, 6) is -3.01. The van der Waals surface area contributed by atoms with Crippen LogP contribution in [-0.4, -0.2) is 79.2 Å². The Labute approximate surface area is 225 Å². The molecule has 1 aromatic carbocycles. The van der Waals surface area contributed by atoms with Gasteiger partial charge in [0.15, 0.2) is 17.9 Å². The number of carbonyl (C=O) groups is 5. The first-order valence-corrected chi connectivity index (χ1v) is 12.5. The molecule has 2 amide bonds. The van der Waals surface area contributed by atoms with Crippen LogP contribution in [0.15, 0.2) is 23.4 Å². The second-order valence-corrected chi connectivity index (χ2v) is 9.24. The van der Waals surface area contributed by atoms with E-state index in [0.717, 1.165) is 19.4 Å². The number of oxime groups is 1. The Balaban J connectivity index is 2.02. The van der Waals surface area contributed by atoms with Crippen molar-refractivity contribution in [1.29, 1.82) is 0 Å². The summed E-state index contributed by atoms with van der Waals surface area (Å²) in [6, 6.07) is 4.30. The second kappa shape index (κ2) is 12.7. The lowest BCUT2D eigenvalue weighted by Crippen LogP contribution is -2.66. The highest BCUT2D eigenvalue weighted by molar-refractivity contribution is 6.54. The zero-order chi connectivity index (χ0) is 28.9. The van der Waals surface area contributed by atoms with E-state index in [2.05, 4.69) is 10.5 Å². The molecule has 3 rings (SSSR count). The largest absolute Gasteiger partial charge is 0.463 e. The van der Waals surface area contributed by atoms with Crippen molar-refractivity contribution in [3.63, 3.8) is 0 Å². The molecule has 0 aromatic heterocycles. The molecule has 212 valence electrons. The Morgan fingerprint density at radius 1 is 1.03 bits per heavy atom. The van der Waals surface area contributed by atoms with Crippen molar-refractivity contribution in [3.8, 4) is 0 Å². The number of benzene rings is 1. The maximum atomic E-state index is 13.2. The van der Waals surface area contributed by atoms with Gasteiger partial charge >= 0.3 is 17.9 Å². The molecule has 0 bridgehead atoms. The van der Waals surface area contributed by atoms with Gasteiger partial charge in [-0.3, -0.25) is 24.0 Å². The van der Waals surface area contributed by atoms with Crippen molar-refractivity contribution in [1.82, 2.24) is 5.32 Å². The summed E-state index contributed by atoms with van der Waals surface area (Å²) in [5, 5.41) is 6.71. The molecular weight excluding hydrogens is 514 g/mol. The van der Waals surface area contributed by atoms with Crippen LogP contribution in [0.2, 0.25) is 0 Å². The molecule has 5 atom stereocenters. The van der Waals surface area contributed by atoms with Gasteiger partial charge in [0.05, 0.1) is 5.69 Å². The SMILES string of the molecule is CCCN1C(=O)/C(=N\OC2OC(COC(C)=O)C(OC(C)=O)C(OC(C)=O)C2NC(C)=O)c2cc(C)ccc21. The van der Waals surface area contributed by atoms with Crippen LogP contribution in [0.25, 0.3) is 0 Å². The van der Waals surface area contributed by atoms with Gasteiger partial charge in [0.25, 0.3) is 12.2 Å². The first-order chi connectivity index (χ1) is 18.4. The molecule has 2 aliphatic heterocycles. The lowest BCUT2D eigenvalue weighted by Gasteiger charge is -2.43. The molecule has 1 saturated heterocycles. The number of fused-ring (bicyclic) bond motifs is 1. The fourth-order valence-electron chi connectivity index (χ4n) is 4.45. The summed E-state index contributed by atoms with van der Waals surface area (Å²) >= 11 is 0. The van der Waals surface area contributed by atoms with Crippen molar-refractivity contribution >= 4 is 41.1 Å². The molecule has 13 heteroatoms. The third kappa shape index (κ3) is 7.11. The molecule has 0 radical (unpaired) electrons. The minimum Gasteiger partial charge on any atom is -0.463 e. The number of aryl methyl sites for hydroxylation is 1. The van der Waals surface area contributed by atoms with Gasteiger partial charge in [0, 0.05) is 39.8 Å². The van der Waals surface area contributed by atoms with Gasteiger partial charge in [0.1, 0.15) is 18.8 Å². The number of carbonyl (C=O) groups excluding carboxylic acids is 5. The number of hydrogen-bond acceptors (Lipinski definition) is 11. The molecule has 0 spiro atoms. The number of hydrogen-bond donors (Lipinski definition) is 1. The maximum absolute atomic E-state index is 13.2. The van der Waals surface area contributed by atoms with E-state index in [0.29, 0.717) is 24.2 Å². The Hall–Kier alpha value is -4.00. The van der Waals surface area contributed by atoms with E-state index in [-0.39, 0.29) is 18.2 Å². The van der Waals surface area contributed by atoms with E-state index >= 15 is 0 Å². The standard InChI is InChI=1S/C26H33N3O10/c1-7-10-29-19-9-8-13(2)11-18(19)21(25(29)34)28-39-26-22(27-14(3)30)24(37-17(6)33)23(36-16(5)32)20(38-26)12-35-15(4)31/h8-9,11,20,22-24,26H,7,10,12H2,1-6H3,(H,27,30)/b28-21-.